The number of hydrogen-bond donors (Lipinski definition) is 2. The molecule has 2 aromatic carbocycles. The predicted octanol–water partition coefficient (Wildman–Crippen LogP) is 2.88. The van der Waals surface area contributed by atoms with Crippen molar-refractivity contribution in [3.63, 3.8) is 0 Å². The Kier molecular flexibility index (Phi) is 3.84. The van der Waals surface area contributed by atoms with E-state index in [-0.39, 0.29) is 22.6 Å². The third-order valence-electron chi connectivity index (χ3n) is 2.93. The van der Waals surface area contributed by atoms with Crippen LogP contribution in [0.15, 0.2) is 36.4 Å². The largest absolute Gasteiger partial charge is 0.397 e. The van der Waals surface area contributed by atoms with Gasteiger partial charge >= 0.3 is 0 Å². The second-order valence-electron chi connectivity index (χ2n) is 4.44. The number of hydrogen-bond acceptors (Lipinski definition) is 4. The molecule has 0 saturated heterocycles. The Hall–Kier alpha value is -2.96. The number of aryl methyl sites for hydroxylation is 1. The molecule has 2 rings (SSSR count). The molecule has 0 radical (unpaired) electrons. The van der Waals surface area contributed by atoms with Crippen LogP contribution in [0.25, 0.3) is 0 Å². The number of rotatable bonds is 3. The molecule has 0 aliphatic carbocycles. The van der Waals surface area contributed by atoms with Crippen LogP contribution in [-0.2, 0) is 0 Å². The van der Waals surface area contributed by atoms with Gasteiger partial charge in [-0.3, -0.25) is 14.9 Å². The highest BCUT2D eigenvalue weighted by Crippen LogP contribution is 2.22. The summed E-state index contributed by atoms with van der Waals surface area (Å²) in [6.45, 7) is 1.58. The summed E-state index contributed by atoms with van der Waals surface area (Å²) in [6.07, 6.45) is 0. The Bertz CT molecular complexity index is 731. The number of halogens is 1. The summed E-state index contributed by atoms with van der Waals surface area (Å²) in [5.74, 6) is -1.04. The molecule has 0 heterocycles. The van der Waals surface area contributed by atoms with E-state index in [1.165, 1.54) is 30.3 Å². The van der Waals surface area contributed by atoms with Gasteiger partial charge in [0, 0.05) is 17.7 Å². The molecule has 1 amide bonds. The van der Waals surface area contributed by atoms with Crippen molar-refractivity contribution in [3.8, 4) is 0 Å². The predicted molar refractivity (Wildman–Crippen MR) is 76.6 cm³/mol. The van der Waals surface area contributed by atoms with Crippen LogP contribution in [0, 0.1) is 22.9 Å². The van der Waals surface area contributed by atoms with Crippen LogP contribution in [0.3, 0.4) is 0 Å². The smallest absolute Gasteiger partial charge is 0.269 e. The topological polar surface area (TPSA) is 98.3 Å². The molecule has 0 fully saturated rings. The van der Waals surface area contributed by atoms with Crippen molar-refractivity contribution in [1.29, 1.82) is 0 Å². The lowest BCUT2D eigenvalue weighted by molar-refractivity contribution is -0.384. The second kappa shape index (κ2) is 5.58. The molecule has 0 saturated carbocycles. The highest BCUT2D eigenvalue weighted by molar-refractivity contribution is 6.06. The first-order valence-corrected chi connectivity index (χ1v) is 6.00. The van der Waals surface area contributed by atoms with Crippen LogP contribution in [-0.4, -0.2) is 10.8 Å². The van der Waals surface area contributed by atoms with E-state index < -0.39 is 16.6 Å². The zero-order chi connectivity index (χ0) is 15.6. The molecule has 21 heavy (non-hydrogen) atoms. The maximum absolute atomic E-state index is 13.1. The van der Waals surface area contributed by atoms with Gasteiger partial charge in [-0.25, -0.2) is 4.39 Å². The maximum Gasteiger partial charge on any atom is 0.269 e. The molecular formula is C14H12FN3O3. The van der Waals surface area contributed by atoms with E-state index in [0.717, 1.165) is 6.07 Å². The first-order valence-electron chi connectivity index (χ1n) is 6.00. The van der Waals surface area contributed by atoms with Crippen LogP contribution in [0.4, 0.5) is 21.5 Å². The van der Waals surface area contributed by atoms with Gasteiger partial charge in [-0.2, -0.15) is 0 Å². The van der Waals surface area contributed by atoms with E-state index in [1.807, 2.05) is 0 Å². The third kappa shape index (κ3) is 3.14. The summed E-state index contributed by atoms with van der Waals surface area (Å²) < 4.78 is 13.1. The Morgan fingerprint density at radius 2 is 2.00 bits per heavy atom. The van der Waals surface area contributed by atoms with Crippen LogP contribution in [0.2, 0.25) is 0 Å². The van der Waals surface area contributed by atoms with E-state index in [1.54, 1.807) is 6.92 Å². The minimum absolute atomic E-state index is 0.102. The molecule has 6 nitrogen and oxygen atoms in total. The molecule has 7 heteroatoms. The number of nitro groups is 1. The highest BCUT2D eigenvalue weighted by Gasteiger charge is 2.14. The number of carbonyl (C=O) groups is 1. The summed E-state index contributed by atoms with van der Waals surface area (Å²) in [5.41, 5.74) is 6.62. The molecular weight excluding hydrogens is 277 g/mol. The molecule has 0 unspecified atom stereocenters. The van der Waals surface area contributed by atoms with Crippen molar-refractivity contribution >= 4 is 23.0 Å². The normalized spacial score (nSPS) is 10.2. The van der Waals surface area contributed by atoms with Crippen molar-refractivity contribution < 1.29 is 14.1 Å². The monoisotopic (exact) mass is 289 g/mol. The van der Waals surface area contributed by atoms with Gasteiger partial charge in [0.05, 0.1) is 16.3 Å². The minimum Gasteiger partial charge on any atom is -0.397 e. The summed E-state index contributed by atoms with van der Waals surface area (Å²) in [4.78, 5) is 22.2. The van der Waals surface area contributed by atoms with Crippen molar-refractivity contribution in [3.05, 3.63) is 63.5 Å². The fourth-order valence-corrected chi connectivity index (χ4v) is 1.84. The molecule has 3 N–H and O–H groups in total. The molecule has 0 bridgehead atoms. The number of benzene rings is 2. The fourth-order valence-electron chi connectivity index (χ4n) is 1.84. The molecule has 0 atom stereocenters. The van der Waals surface area contributed by atoms with Gasteiger partial charge in [0.15, 0.2) is 0 Å². The number of nitrogen functional groups attached to an aromatic ring is 1. The van der Waals surface area contributed by atoms with Gasteiger partial charge in [-0.1, -0.05) is 0 Å². The van der Waals surface area contributed by atoms with E-state index in [0.29, 0.717) is 5.56 Å². The Balaban J connectivity index is 2.28. The maximum atomic E-state index is 13.1. The summed E-state index contributed by atoms with van der Waals surface area (Å²) in [5, 5.41) is 13.1. The summed E-state index contributed by atoms with van der Waals surface area (Å²) in [6, 6.07) is 7.50. The fraction of sp³-hybridized carbons (Fsp3) is 0.0714. The van der Waals surface area contributed by atoms with Gasteiger partial charge in [0.2, 0.25) is 0 Å². The first-order chi connectivity index (χ1) is 9.88. The number of nitrogens with zero attached hydrogens (tertiary/aromatic N) is 1. The zero-order valence-corrected chi connectivity index (χ0v) is 11.1. The molecule has 108 valence electrons. The summed E-state index contributed by atoms with van der Waals surface area (Å²) in [7, 11) is 0. The van der Waals surface area contributed by atoms with Crippen LogP contribution in [0.5, 0.6) is 0 Å². The quantitative estimate of drug-likeness (QED) is 0.515. The van der Waals surface area contributed by atoms with E-state index >= 15 is 0 Å². The number of amides is 1. The Labute approximate surface area is 119 Å². The lowest BCUT2D eigenvalue weighted by atomic mass is 10.1. The van der Waals surface area contributed by atoms with Crippen molar-refractivity contribution in [2.45, 2.75) is 6.92 Å². The van der Waals surface area contributed by atoms with E-state index in [9.17, 15) is 19.3 Å². The number of carbonyl (C=O) groups excluding carboxylic acids is 1. The van der Waals surface area contributed by atoms with Crippen molar-refractivity contribution in [2.75, 3.05) is 11.1 Å². The van der Waals surface area contributed by atoms with Gasteiger partial charge in [0.1, 0.15) is 5.82 Å². The van der Waals surface area contributed by atoms with Crippen LogP contribution < -0.4 is 11.1 Å². The van der Waals surface area contributed by atoms with Crippen molar-refractivity contribution in [1.82, 2.24) is 0 Å². The number of non-ortho nitro benzene ring substituents is 1. The van der Waals surface area contributed by atoms with Crippen LogP contribution >= 0.6 is 0 Å². The van der Waals surface area contributed by atoms with E-state index in [2.05, 4.69) is 5.32 Å². The van der Waals surface area contributed by atoms with Gasteiger partial charge in [-0.05, 0) is 36.8 Å². The number of nitrogens with two attached hydrogens (primary N) is 1. The second-order valence-corrected chi connectivity index (χ2v) is 4.44. The van der Waals surface area contributed by atoms with Gasteiger partial charge in [-0.15, -0.1) is 0 Å². The molecule has 0 aliphatic heterocycles. The molecule has 2 aromatic rings. The highest BCUT2D eigenvalue weighted by atomic mass is 19.1. The minimum atomic E-state index is -0.542. The average molecular weight is 289 g/mol. The third-order valence-corrected chi connectivity index (χ3v) is 2.93. The average Bonchev–Trinajstić information content (AvgIpc) is 2.42. The first kappa shape index (κ1) is 14.4. The summed E-state index contributed by atoms with van der Waals surface area (Å²) >= 11 is 0. The number of nitrogens with one attached hydrogen (secondary N) is 1. The number of nitro benzene ring substituents is 1. The number of anilines is 2. The van der Waals surface area contributed by atoms with Gasteiger partial charge in [0.25, 0.3) is 11.6 Å². The van der Waals surface area contributed by atoms with Crippen molar-refractivity contribution in [2.24, 2.45) is 0 Å². The Morgan fingerprint density at radius 3 is 2.62 bits per heavy atom. The molecule has 0 aromatic heterocycles. The lowest BCUT2D eigenvalue weighted by Gasteiger charge is -2.10. The zero-order valence-electron chi connectivity index (χ0n) is 11.1. The molecule has 0 spiro atoms. The lowest BCUT2D eigenvalue weighted by Crippen LogP contribution is -2.14. The van der Waals surface area contributed by atoms with E-state index in [4.69, 9.17) is 5.73 Å². The Morgan fingerprint density at radius 1 is 1.29 bits per heavy atom. The van der Waals surface area contributed by atoms with Gasteiger partial charge < -0.3 is 11.1 Å². The SMILES string of the molecule is Cc1cc([N+](=O)[O-])ccc1C(=O)Nc1cc(F)ccc1N. The standard InChI is InChI=1S/C14H12FN3O3/c1-8-6-10(18(20)21)3-4-11(8)14(19)17-13-7-9(15)2-5-12(13)16/h2-7H,16H2,1H3,(H,17,19). The molecule has 0 aliphatic rings. The van der Waals surface area contributed by atoms with Crippen LogP contribution in [0.1, 0.15) is 15.9 Å².